The molecule has 0 fully saturated rings. The molecule has 0 aliphatic rings. The monoisotopic (exact) mass is 265 g/mol. The van der Waals surface area contributed by atoms with Crippen LogP contribution in [-0.2, 0) is 11.2 Å². The van der Waals surface area contributed by atoms with Crippen molar-refractivity contribution in [2.45, 2.75) is 39.5 Å². The van der Waals surface area contributed by atoms with E-state index in [1.54, 1.807) is 6.33 Å². The smallest absolute Gasteiger partial charge is 0.217 e. The Morgan fingerprint density at radius 2 is 1.84 bits per heavy atom. The average Bonchev–Trinajstić information content (AvgIpc) is 2.41. The van der Waals surface area contributed by atoms with Gasteiger partial charge in [-0.15, -0.1) is 0 Å². The Morgan fingerprint density at radius 1 is 1.21 bits per heavy atom. The highest BCUT2D eigenvalue weighted by Gasteiger charge is 2.08. The summed E-state index contributed by atoms with van der Waals surface area (Å²) in [5.74, 6) is 1.45. The van der Waals surface area contributed by atoms with Gasteiger partial charge in [0.15, 0.2) is 0 Å². The minimum absolute atomic E-state index is 0.273. The first-order valence-electron chi connectivity index (χ1n) is 6.78. The third-order valence-corrected chi connectivity index (χ3v) is 2.73. The van der Waals surface area contributed by atoms with Crippen molar-refractivity contribution in [1.29, 1.82) is 0 Å². The summed E-state index contributed by atoms with van der Waals surface area (Å²) in [7, 11) is 0. The summed E-state index contributed by atoms with van der Waals surface area (Å²) in [5.41, 5.74) is 6.18. The van der Waals surface area contributed by atoms with E-state index in [1.165, 1.54) is 0 Å². The normalized spacial score (nSPS) is 10.2. The number of rotatable bonds is 9. The molecule has 6 heteroatoms. The van der Waals surface area contributed by atoms with Crippen molar-refractivity contribution in [3.8, 4) is 0 Å². The molecule has 1 aromatic rings. The van der Waals surface area contributed by atoms with Crippen LogP contribution in [0.15, 0.2) is 6.33 Å². The van der Waals surface area contributed by atoms with Crippen LogP contribution in [0.2, 0.25) is 0 Å². The summed E-state index contributed by atoms with van der Waals surface area (Å²) >= 11 is 0. The zero-order valence-corrected chi connectivity index (χ0v) is 11.7. The minimum Gasteiger partial charge on any atom is -0.370 e. The Balaban J connectivity index is 2.63. The third-order valence-electron chi connectivity index (χ3n) is 2.73. The molecule has 0 atom stereocenters. The fraction of sp³-hybridized carbons (Fsp3) is 0.615. The van der Waals surface area contributed by atoms with E-state index >= 15 is 0 Å². The minimum atomic E-state index is -0.273. The Kier molecular flexibility index (Phi) is 6.63. The number of hydrogen-bond donors (Lipinski definition) is 3. The Bertz CT molecular complexity index is 408. The van der Waals surface area contributed by atoms with Gasteiger partial charge in [0.25, 0.3) is 0 Å². The van der Waals surface area contributed by atoms with Crippen LogP contribution in [0.1, 0.15) is 38.7 Å². The summed E-state index contributed by atoms with van der Waals surface area (Å²) in [6.07, 6.45) is 4.55. The molecular weight excluding hydrogens is 242 g/mol. The molecule has 1 amide bonds. The van der Waals surface area contributed by atoms with Gasteiger partial charge < -0.3 is 16.4 Å². The molecule has 1 rings (SSSR count). The molecule has 0 aromatic carbocycles. The van der Waals surface area contributed by atoms with E-state index in [-0.39, 0.29) is 5.91 Å². The van der Waals surface area contributed by atoms with Gasteiger partial charge in [-0.05, 0) is 19.3 Å². The van der Waals surface area contributed by atoms with Crippen molar-refractivity contribution in [3.63, 3.8) is 0 Å². The highest BCUT2D eigenvalue weighted by Crippen LogP contribution is 2.20. The van der Waals surface area contributed by atoms with E-state index in [2.05, 4.69) is 34.4 Å². The number of anilines is 2. The Hall–Kier alpha value is -1.85. The summed E-state index contributed by atoms with van der Waals surface area (Å²) in [6.45, 7) is 5.76. The molecule has 106 valence electrons. The predicted molar refractivity (Wildman–Crippen MR) is 77.1 cm³/mol. The number of nitrogens with two attached hydrogens (primary N) is 1. The first-order valence-corrected chi connectivity index (χ1v) is 6.78. The maximum Gasteiger partial charge on any atom is 0.217 e. The number of primary amides is 1. The largest absolute Gasteiger partial charge is 0.370 e. The third kappa shape index (κ3) is 5.11. The second-order valence-corrected chi connectivity index (χ2v) is 4.33. The van der Waals surface area contributed by atoms with Gasteiger partial charge in [-0.1, -0.05) is 13.8 Å². The average molecular weight is 265 g/mol. The molecule has 0 radical (unpaired) electrons. The van der Waals surface area contributed by atoms with Crippen LogP contribution in [0.25, 0.3) is 0 Å². The van der Waals surface area contributed by atoms with E-state index in [0.717, 1.165) is 36.6 Å². The Morgan fingerprint density at radius 3 is 2.37 bits per heavy atom. The first-order chi connectivity index (χ1) is 9.19. The number of aromatic nitrogens is 2. The van der Waals surface area contributed by atoms with Gasteiger partial charge in [-0.3, -0.25) is 4.79 Å². The van der Waals surface area contributed by atoms with Crippen LogP contribution in [0.3, 0.4) is 0 Å². The predicted octanol–water partition coefficient (Wildman–Crippen LogP) is 1.54. The van der Waals surface area contributed by atoms with E-state index in [9.17, 15) is 4.79 Å². The van der Waals surface area contributed by atoms with Gasteiger partial charge in [0, 0.05) is 25.1 Å². The highest BCUT2D eigenvalue weighted by atomic mass is 16.1. The van der Waals surface area contributed by atoms with Crippen LogP contribution in [0, 0.1) is 0 Å². The van der Waals surface area contributed by atoms with Crippen LogP contribution >= 0.6 is 0 Å². The second-order valence-electron chi connectivity index (χ2n) is 4.33. The molecule has 1 aromatic heterocycles. The second kappa shape index (κ2) is 8.29. The zero-order chi connectivity index (χ0) is 14.1. The molecule has 0 unspecified atom stereocenters. The van der Waals surface area contributed by atoms with Crippen molar-refractivity contribution >= 4 is 17.5 Å². The molecule has 0 bridgehead atoms. The van der Waals surface area contributed by atoms with E-state index in [4.69, 9.17) is 5.73 Å². The SMILES string of the molecule is CCCNc1ncnc(NCCCC(N)=O)c1CC. The van der Waals surface area contributed by atoms with E-state index in [1.807, 2.05) is 0 Å². The molecule has 19 heavy (non-hydrogen) atoms. The lowest BCUT2D eigenvalue weighted by Gasteiger charge is -2.13. The van der Waals surface area contributed by atoms with Crippen molar-refractivity contribution in [3.05, 3.63) is 11.9 Å². The fourth-order valence-electron chi connectivity index (χ4n) is 1.76. The van der Waals surface area contributed by atoms with Crippen molar-refractivity contribution in [2.24, 2.45) is 5.73 Å². The molecule has 6 nitrogen and oxygen atoms in total. The molecule has 0 aliphatic carbocycles. The molecule has 4 N–H and O–H groups in total. The lowest BCUT2D eigenvalue weighted by atomic mass is 10.2. The number of amides is 1. The van der Waals surface area contributed by atoms with E-state index in [0.29, 0.717) is 19.4 Å². The molecule has 1 heterocycles. The number of carbonyl (C=O) groups is 1. The van der Waals surface area contributed by atoms with Gasteiger partial charge in [0.05, 0.1) is 0 Å². The molecule has 0 saturated heterocycles. The van der Waals surface area contributed by atoms with Gasteiger partial charge in [-0.25, -0.2) is 9.97 Å². The van der Waals surface area contributed by atoms with Gasteiger partial charge in [0.2, 0.25) is 5.91 Å². The summed E-state index contributed by atoms with van der Waals surface area (Å²) < 4.78 is 0. The molecule has 0 aliphatic heterocycles. The fourth-order valence-corrected chi connectivity index (χ4v) is 1.76. The van der Waals surface area contributed by atoms with Crippen LogP contribution in [0.4, 0.5) is 11.6 Å². The summed E-state index contributed by atoms with van der Waals surface area (Å²) in [4.78, 5) is 19.2. The number of nitrogens with zero attached hydrogens (tertiary/aromatic N) is 2. The maximum atomic E-state index is 10.7. The summed E-state index contributed by atoms with van der Waals surface area (Å²) in [5, 5.41) is 6.54. The quantitative estimate of drug-likeness (QED) is 0.589. The topological polar surface area (TPSA) is 92.9 Å². The van der Waals surface area contributed by atoms with Gasteiger partial charge in [0.1, 0.15) is 18.0 Å². The van der Waals surface area contributed by atoms with Crippen LogP contribution in [-0.4, -0.2) is 29.0 Å². The highest BCUT2D eigenvalue weighted by molar-refractivity contribution is 5.73. The Labute approximate surface area is 114 Å². The first kappa shape index (κ1) is 15.2. The standard InChI is InChI=1S/C13H23N5O/c1-3-7-15-12-10(4-2)13(18-9-17-12)16-8-5-6-11(14)19/h9H,3-8H2,1-2H3,(H2,14,19)(H2,15,16,17,18). The van der Waals surface area contributed by atoms with Gasteiger partial charge in [-0.2, -0.15) is 0 Å². The number of nitrogens with one attached hydrogen (secondary N) is 2. The van der Waals surface area contributed by atoms with Crippen molar-refractivity contribution in [2.75, 3.05) is 23.7 Å². The number of hydrogen-bond acceptors (Lipinski definition) is 5. The summed E-state index contributed by atoms with van der Waals surface area (Å²) in [6, 6.07) is 0. The molecule has 0 saturated carbocycles. The van der Waals surface area contributed by atoms with Crippen LogP contribution in [0.5, 0.6) is 0 Å². The van der Waals surface area contributed by atoms with Gasteiger partial charge >= 0.3 is 0 Å². The molecule has 0 spiro atoms. The number of carbonyl (C=O) groups excluding carboxylic acids is 1. The zero-order valence-electron chi connectivity index (χ0n) is 11.7. The van der Waals surface area contributed by atoms with Crippen molar-refractivity contribution in [1.82, 2.24) is 9.97 Å². The van der Waals surface area contributed by atoms with Crippen molar-refractivity contribution < 1.29 is 4.79 Å². The molecular formula is C13H23N5O. The van der Waals surface area contributed by atoms with E-state index < -0.39 is 0 Å². The lowest BCUT2D eigenvalue weighted by Crippen LogP contribution is -2.14. The maximum absolute atomic E-state index is 10.7. The lowest BCUT2D eigenvalue weighted by molar-refractivity contribution is -0.118. The van der Waals surface area contributed by atoms with Crippen LogP contribution < -0.4 is 16.4 Å².